The van der Waals surface area contributed by atoms with Crippen LogP contribution in [0.4, 0.5) is 0 Å². The van der Waals surface area contributed by atoms with Crippen LogP contribution in [-0.2, 0) is 23.1 Å². The zero-order valence-corrected chi connectivity index (χ0v) is 17.0. The van der Waals surface area contributed by atoms with Gasteiger partial charge in [0.1, 0.15) is 0 Å². The molecular weight excluding hydrogens is 378 g/mol. The largest absolute Gasteiger partial charge is 0.504 e. The minimum atomic E-state index is -0.997. The van der Waals surface area contributed by atoms with Crippen molar-refractivity contribution in [2.75, 3.05) is 13.1 Å². The number of hydrogen-bond donors (Lipinski definition) is 2. The van der Waals surface area contributed by atoms with Crippen molar-refractivity contribution in [3.63, 3.8) is 0 Å². The van der Waals surface area contributed by atoms with Crippen LogP contribution in [0.15, 0.2) is 42.5 Å². The summed E-state index contributed by atoms with van der Waals surface area (Å²) in [5.74, 6) is 0.568. The molecule has 2 aromatic carbocycles. The second-order valence-electron chi connectivity index (χ2n) is 9.40. The Morgan fingerprint density at radius 2 is 1.97 bits per heavy atom. The highest BCUT2D eigenvalue weighted by atomic mass is 16.5. The summed E-state index contributed by atoms with van der Waals surface area (Å²) in [4.78, 5) is 15.3. The molecule has 4 aliphatic rings. The first-order valence-corrected chi connectivity index (χ1v) is 11.1. The lowest BCUT2D eigenvalue weighted by Crippen LogP contribution is -2.76. The van der Waals surface area contributed by atoms with Gasteiger partial charge in [0.25, 0.3) is 0 Å². The van der Waals surface area contributed by atoms with Crippen LogP contribution >= 0.6 is 0 Å². The minimum Gasteiger partial charge on any atom is -0.504 e. The van der Waals surface area contributed by atoms with Crippen molar-refractivity contribution in [2.24, 2.45) is 0 Å². The van der Waals surface area contributed by atoms with E-state index in [0.717, 1.165) is 43.5 Å². The number of hydrogen-bond acceptors (Lipinski definition) is 5. The first-order chi connectivity index (χ1) is 14.5. The molecule has 2 aliphatic carbocycles. The third-order valence-corrected chi connectivity index (χ3v) is 8.12. The summed E-state index contributed by atoms with van der Waals surface area (Å²) in [6.45, 7) is 1.77. The van der Waals surface area contributed by atoms with Gasteiger partial charge in [0.2, 0.25) is 0 Å². The molecule has 2 heterocycles. The summed E-state index contributed by atoms with van der Waals surface area (Å²) in [6.07, 6.45) is 3.61. The average molecular weight is 405 g/mol. The number of aliphatic hydroxyl groups is 1. The molecule has 5 nitrogen and oxygen atoms in total. The number of likely N-dealkylation sites (tertiary alicyclic amines) is 1. The summed E-state index contributed by atoms with van der Waals surface area (Å²) >= 11 is 0. The van der Waals surface area contributed by atoms with Gasteiger partial charge in [-0.05, 0) is 62.4 Å². The number of phenolic OH excluding ortho intramolecular Hbond substituents is 1. The van der Waals surface area contributed by atoms with Gasteiger partial charge in [-0.15, -0.1) is 0 Å². The molecule has 2 fully saturated rings. The molecule has 2 aromatic rings. The number of ketones is 1. The van der Waals surface area contributed by atoms with Crippen LogP contribution in [0.5, 0.6) is 11.5 Å². The normalized spacial score (nSPS) is 33.8. The smallest absolute Gasteiger partial charge is 0.174 e. The van der Waals surface area contributed by atoms with Crippen LogP contribution in [0.3, 0.4) is 0 Å². The summed E-state index contributed by atoms with van der Waals surface area (Å²) < 4.78 is 6.08. The molecule has 0 unspecified atom stereocenters. The number of phenols is 1. The molecule has 1 saturated heterocycles. The number of Topliss-reactive ketones (excluding diaryl/α,β-unsaturated/α-hetero) is 1. The highest BCUT2D eigenvalue weighted by Gasteiger charge is 2.73. The zero-order chi connectivity index (χ0) is 20.5. The third kappa shape index (κ3) is 2.22. The van der Waals surface area contributed by atoms with Crippen LogP contribution in [0.1, 0.15) is 42.4 Å². The van der Waals surface area contributed by atoms with Gasteiger partial charge in [-0.25, -0.2) is 0 Å². The van der Waals surface area contributed by atoms with E-state index in [1.165, 1.54) is 5.56 Å². The summed E-state index contributed by atoms with van der Waals surface area (Å²) in [5.41, 5.74) is 1.64. The van der Waals surface area contributed by atoms with Crippen LogP contribution in [-0.4, -0.2) is 51.7 Å². The van der Waals surface area contributed by atoms with Crippen molar-refractivity contribution in [1.29, 1.82) is 0 Å². The Bertz CT molecular complexity index is 1020. The maximum Gasteiger partial charge on any atom is 0.174 e. The Hall–Kier alpha value is -2.37. The lowest BCUT2D eigenvalue weighted by atomic mass is 9.49. The van der Waals surface area contributed by atoms with Crippen molar-refractivity contribution in [1.82, 2.24) is 4.90 Å². The monoisotopic (exact) mass is 405 g/mol. The van der Waals surface area contributed by atoms with Gasteiger partial charge in [-0.2, -0.15) is 0 Å². The molecule has 6 rings (SSSR count). The lowest BCUT2D eigenvalue weighted by molar-refractivity contribution is -0.188. The van der Waals surface area contributed by atoms with Crippen molar-refractivity contribution in [3.05, 3.63) is 59.2 Å². The lowest BCUT2D eigenvalue weighted by Gasteiger charge is -2.62. The van der Waals surface area contributed by atoms with E-state index in [1.807, 2.05) is 12.1 Å². The second-order valence-corrected chi connectivity index (χ2v) is 9.40. The molecular formula is C25H27NO4. The molecule has 1 saturated carbocycles. The van der Waals surface area contributed by atoms with E-state index in [0.29, 0.717) is 25.0 Å². The fourth-order valence-corrected chi connectivity index (χ4v) is 6.81. The number of aryl methyl sites for hydroxylation is 1. The maximum atomic E-state index is 12.9. The molecule has 0 radical (unpaired) electrons. The van der Waals surface area contributed by atoms with Gasteiger partial charge in [0.15, 0.2) is 23.4 Å². The van der Waals surface area contributed by atoms with Crippen LogP contribution in [0.2, 0.25) is 0 Å². The number of rotatable bonds is 4. The quantitative estimate of drug-likeness (QED) is 0.819. The Balaban J connectivity index is 1.35. The van der Waals surface area contributed by atoms with Gasteiger partial charge < -0.3 is 14.9 Å². The first kappa shape index (κ1) is 18.4. The van der Waals surface area contributed by atoms with Crippen LogP contribution in [0.25, 0.3) is 0 Å². The van der Waals surface area contributed by atoms with Crippen molar-refractivity contribution in [3.8, 4) is 11.5 Å². The molecule has 2 N–H and O–H groups in total. The Labute approximate surface area is 176 Å². The van der Waals surface area contributed by atoms with Crippen LogP contribution in [0, 0.1) is 0 Å². The molecule has 2 aliphatic heterocycles. The predicted octanol–water partition coefficient (Wildman–Crippen LogP) is 2.75. The van der Waals surface area contributed by atoms with Gasteiger partial charge >= 0.3 is 0 Å². The van der Waals surface area contributed by atoms with Gasteiger partial charge in [0.05, 0.1) is 11.0 Å². The number of carbonyl (C=O) groups excluding carboxylic acids is 1. The Kier molecular flexibility index (Phi) is 3.87. The third-order valence-electron chi connectivity index (χ3n) is 8.12. The van der Waals surface area contributed by atoms with E-state index in [4.69, 9.17) is 4.74 Å². The fraction of sp³-hybridized carbons (Fsp3) is 0.480. The van der Waals surface area contributed by atoms with Gasteiger partial charge in [-0.1, -0.05) is 36.4 Å². The molecule has 5 heteroatoms. The van der Waals surface area contributed by atoms with Crippen molar-refractivity contribution < 1.29 is 19.7 Å². The SMILES string of the molecule is O=C1CC[C@@]2(O)[C@H]3Cc4ccc(O)c5c4[C@@]2(CCN3CCCc2ccccc2)[C@H]1O5. The van der Waals surface area contributed by atoms with Crippen molar-refractivity contribution >= 4 is 5.78 Å². The van der Waals surface area contributed by atoms with E-state index in [9.17, 15) is 15.0 Å². The molecule has 1 spiro atoms. The number of ether oxygens (including phenoxy) is 1. The van der Waals surface area contributed by atoms with Crippen LogP contribution < -0.4 is 4.74 Å². The number of benzene rings is 2. The number of carbonyl (C=O) groups is 1. The highest BCUT2D eigenvalue weighted by Crippen LogP contribution is 2.64. The minimum absolute atomic E-state index is 0.0239. The maximum absolute atomic E-state index is 12.9. The molecule has 0 amide bonds. The Morgan fingerprint density at radius 1 is 1.13 bits per heavy atom. The van der Waals surface area contributed by atoms with E-state index in [1.54, 1.807) is 6.07 Å². The fourth-order valence-electron chi connectivity index (χ4n) is 6.81. The van der Waals surface area contributed by atoms with E-state index < -0.39 is 17.1 Å². The Morgan fingerprint density at radius 3 is 2.80 bits per heavy atom. The molecule has 4 atom stereocenters. The van der Waals surface area contributed by atoms with Gasteiger partial charge in [-0.3, -0.25) is 9.69 Å². The number of aromatic hydroxyl groups is 1. The first-order valence-electron chi connectivity index (χ1n) is 11.1. The number of nitrogens with zero attached hydrogens (tertiary/aromatic N) is 1. The molecule has 2 bridgehead atoms. The van der Waals surface area contributed by atoms with E-state index >= 15 is 0 Å². The predicted molar refractivity (Wildman–Crippen MR) is 112 cm³/mol. The summed E-state index contributed by atoms with van der Waals surface area (Å²) in [6, 6.07) is 14.1. The summed E-state index contributed by atoms with van der Waals surface area (Å²) in [7, 11) is 0. The molecule has 30 heavy (non-hydrogen) atoms. The average Bonchev–Trinajstić information content (AvgIpc) is 3.11. The van der Waals surface area contributed by atoms with Crippen molar-refractivity contribution in [2.45, 2.75) is 61.7 Å². The molecule has 156 valence electrons. The molecule has 0 aromatic heterocycles. The standard InChI is InChI=1S/C25H27NO4/c27-18-9-8-17-15-20-25(29)11-10-19(28)23-24(25,21(17)22(18)30-23)12-14-26(20)13-4-7-16-5-2-1-3-6-16/h1-3,5-6,8-9,20,23,27,29H,4,7,10-15H2/t20-,23+,24+,25-/m1/s1. The highest BCUT2D eigenvalue weighted by molar-refractivity contribution is 5.90. The second kappa shape index (κ2) is 6.32. The zero-order valence-electron chi connectivity index (χ0n) is 17.0. The van der Waals surface area contributed by atoms with E-state index in [-0.39, 0.29) is 17.6 Å². The number of piperidine rings is 1. The van der Waals surface area contributed by atoms with E-state index in [2.05, 4.69) is 29.2 Å². The van der Waals surface area contributed by atoms with Gasteiger partial charge in [0, 0.05) is 18.0 Å². The summed E-state index contributed by atoms with van der Waals surface area (Å²) in [5, 5.41) is 22.6. The topological polar surface area (TPSA) is 70.0 Å².